The maximum atomic E-state index is 10.6. The van der Waals surface area contributed by atoms with Gasteiger partial charge in [-0.05, 0) is 6.92 Å². The lowest BCUT2D eigenvalue weighted by molar-refractivity contribution is 0.0691. The SMILES string of the molecule is Cc1csc(-c2ncc(C(=O)O)[nH]2)n1. The molecule has 14 heavy (non-hydrogen) atoms. The van der Waals surface area contributed by atoms with Crippen molar-refractivity contribution in [2.45, 2.75) is 6.92 Å². The molecule has 2 aromatic rings. The summed E-state index contributed by atoms with van der Waals surface area (Å²) < 4.78 is 0. The number of imidazole rings is 1. The normalized spacial score (nSPS) is 10.4. The molecule has 0 aromatic carbocycles. The monoisotopic (exact) mass is 209 g/mol. The van der Waals surface area contributed by atoms with Gasteiger partial charge in [0.2, 0.25) is 0 Å². The molecule has 2 rings (SSSR count). The van der Waals surface area contributed by atoms with Crippen molar-refractivity contribution in [1.29, 1.82) is 0 Å². The van der Waals surface area contributed by atoms with Crippen molar-refractivity contribution < 1.29 is 9.90 Å². The maximum Gasteiger partial charge on any atom is 0.353 e. The van der Waals surface area contributed by atoms with E-state index in [9.17, 15) is 4.79 Å². The van der Waals surface area contributed by atoms with E-state index in [1.807, 2.05) is 12.3 Å². The molecule has 0 bridgehead atoms. The summed E-state index contributed by atoms with van der Waals surface area (Å²) in [5.74, 6) is -0.516. The molecular weight excluding hydrogens is 202 g/mol. The number of thiazole rings is 1. The van der Waals surface area contributed by atoms with E-state index in [1.165, 1.54) is 17.5 Å². The molecule has 0 unspecified atom stereocenters. The second kappa shape index (κ2) is 3.22. The van der Waals surface area contributed by atoms with Gasteiger partial charge in [-0.25, -0.2) is 14.8 Å². The molecule has 2 heterocycles. The van der Waals surface area contributed by atoms with Crippen LogP contribution in [0.15, 0.2) is 11.6 Å². The van der Waals surface area contributed by atoms with Crippen LogP contribution >= 0.6 is 11.3 Å². The summed E-state index contributed by atoms with van der Waals surface area (Å²) in [6.07, 6.45) is 1.29. The van der Waals surface area contributed by atoms with E-state index in [0.29, 0.717) is 10.8 Å². The Bertz CT molecular complexity index is 474. The zero-order chi connectivity index (χ0) is 10.1. The highest BCUT2D eigenvalue weighted by Crippen LogP contribution is 2.20. The summed E-state index contributed by atoms with van der Waals surface area (Å²) >= 11 is 1.43. The standard InChI is InChI=1S/C8H7N3O2S/c1-4-3-14-7(10-4)6-9-2-5(11-6)8(12)13/h2-3H,1H3,(H,9,11)(H,12,13). The molecule has 0 aliphatic rings. The average molecular weight is 209 g/mol. The summed E-state index contributed by atoms with van der Waals surface area (Å²) in [4.78, 5) is 21.4. The molecule has 2 N–H and O–H groups in total. The van der Waals surface area contributed by atoms with Crippen LogP contribution in [-0.4, -0.2) is 26.0 Å². The highest BCUT2D eigenvalue weighted by atomic mass is 32.1. The largest absolute Gasteiger partial charge is 0.477 e. The Kier molecular flexibility index (Phi) is 2.05. The lowest BCUT2D eigenvalue weighted by Gasteiger charge is -1.87. The molecule has 0 saturated carbocycles. The van der Waals surface area contributed by atoms with E-state index in [0.717, 1.165) is 5.69 Å². The molecular formula is C8H7N3O2S. The minimum Gasteiger partial charge on any atom is -0.477 e. The molecule has 0 saturated heterocycles. The summed E-state index contributed by atoms with van der Waals surface area (Å²) in [7, 11) is 0. The number of H-pyrrole nitrogens is 1. The lowest BCUT2D eigenvalue weighted by atomic mass is 10.5. The van der Waals surface area contributed by atoms with E-state index < -0.39 is 5.97 Å². The van der Waals surface area contributed by atoms with Crippen LogP contribution in [0.3, 0.4) is 0 Å². The number of hydrogen-bond donors (Lipinski definition) is 2. The van der Waals surface area contributed by atoms with Gasteiger partial charge in [0, 0.05) is 11.1 Å². The van der Waals surface area contributed by atoms with E-state index >= 15 is 0 Å². The average Bonchev–Trinajstić information content (AvgIpc) is 2.70. The first-order valence-electron chi connectivity index (χ1n) is 3.87. The number of aromatic nitrogens is 3. The molecule has 0 aliphatic carbocycles. The number of nitrogens with one attached hydrogen (secondary N) is 1. The van der Waals surface area contributed by atoms with Gasteiger partial charge in [0.05, 0.1) is 6.20 Å². The van der Waals surface area contributed by atoms with Gasteiger partial charge in [-0.15, -0.1) is 11.3 Å². The van der Waals surface area contributed by atoms with Crippen LogP contribution in [0.5, 0.6) is 0 Å². The molecule has 0 aliphatic heterocycles. The highest BCUT2D eigenvalue weighted by molar-refractivity contribution is 7.13. The molecule has 0 atom stereocenters. The third kappa shape index (κ3) is 1.51. The van der Waals surface area contributed by atoms with Crippen molar-refractivity contribution in [2.75, 3.05) is 0 Å². The van der Waals surface area contributed by atoms with Gasteiger partial charge in [-0.1, -0.05) is 0 Å². The second-order valence-electron chi connectivity index (χ2n) is 2.74. The number of nitrogens with zero attached hydrogens (tertiary/aromatic N) is 2. The lowest BCUT2D eigenvalue weighted by Crippen LogP contribution is -1.95. The molecule has 0 amide bonds. The number of rotatable bonds is 2. The highest BCUT2D eigenvalue weighted by Gasteiger charge is 2.10. The van der Waals surface area contributed by atoms with Gasteiger partial charge < -0.3 is 10.1 Å². The zero-order valence-corrected chi connectivity index (χ0v) is 8.13. The fraction of sp³-hybridized carbons (Fsp3) is 0.125. The molecule has 2 aromatic heterocycles. The van der Waals surface area contributed by atoms with E-state index in [1.54, 1.807) is 0 Å². The molecule has 5 nitrogen and oxygen atoms in total. The van der Waals surface area contributed by atoms with Crippen LogP contribution in [-0.2, 0) is 0 Å². The van der Waals surface area contributed by atoms with Crippen LogP contribution in [0, 0.1) is 6.92 Å². The number of aromatic carboxylic acids is 1. The van der Waals surface area contributed by atoms with Gasteiger partial charge in [-0.3, -0.25) is 0 Å². The molecule has 0 fully saturated rings. The van der Waals surface area contributed by atoms with Gasteiger partial charge in [0.25, 0.3) is 0 Å². The number of carboxylic acids is 1. The van der Waals surface area contributed by atoms with Gasteiger partial charge in [0.15, 0.2) is 10.8 Å². The quantitative estimate of drug-likeness (QED) is 0.786. The molecule has 72 valence electrons. The number of carboxylic acid groups (broad SMARTS) is 1. The zero-order valence-electron chi connectivity index (χ0n) is 7.31. The maximum absolute atomic E-state index is 10.6. The molecule has 0 spiro atoms. The first-order valence-corrected chi connectivity index (χ1v) is 4.75. The topological polar surface area (TPSA) is 78.9 Å². The predicted octanol–water partition coefficient (Wildman–Crippen LogP) is 1.54. The van der Waals surface area contributed by atoms with Crippen LogP contribution in [0.25, 0.3) is 10.8 Å². The summed E-state index contributed by atoms with van der Waals surface area (Å²) in [5.41, 5.74) is 0.978. The predicted molar refractivity (Wildman–Crippen MR) is 51.4 cm³/mol. The Labute approximate surface area is 83.5 Å². The number of aryl methyl sites for hydroxylation is 1. The van der Waals surface area contributed by atoms with Gasteiger partial charge in [-0.2, -0.15) is 0 Å². The first-order chi connectivity index (χ1) is 6.66. The summed E-state index contributed by atoms with van der Waals surface area (Å²) in [6, 6.07) is 0. The molecule has 6 heteroatoms. The Morgan fingerprint density at radius 3 is 2.93 bits per heavy atom. The van der Waals surface area contributed by atoms with Gasteiger partial charge in [0.1, 0.15) is 5.69 Å². The van der Waals surface area contributed by atoms with Crippen LogP contribution in [0.2, 0.25) is 0 Å². The third-order valence-corrected chi connectivity index (χ3v) is 2.59. The third-order valence-electron chi connectivity index (χ3n) is 1.63. The fourth-order valence-corrected chi connectivity index (χ4v) is 1.75. The van der Waals surface area contributed by atoms with Crippen molar-refractivity contribution in [1.82, 2.24) is 15.0 Å². The molecule has 0 radical (unpaired) electrons. The Balaban J connectivity index is 2.38. The van der Waals surface area contributed by atoms with E-state index in [-0.39, 0.29) is 5.69 Å². The summed E-state index contributed by atoms with van der Waals surface area (Å²) in [5, 5.41) is 11.3. The van der Waals surface area contributed by atoms with Crippen molar-refractivity contribution in [3.8, 4) is 10.8 Å². The van der Waals surface area contributed by atoms with E-state index in [4.69, 9.17) is 5.11 Å². The Hall–Kier alpha value is -1.69. The van der Waals surface area contributed by atoms with Crippen molar-refractivity contribution >= 4 is 17.3 Å². The smallest absolute Gasteiger partial charge is 0.353 e. The number of aromatic amines is 1. The van der Waals surface area contributed by atoms with Crippen molar-refractivity contribution in [3.05, 3.63) is 23.0 Å². The second-order valence-corrected chi connectivity index (χ2v) is 3.60. The minimum absolute atomic E-state index is 0.0767. The number of hydrogen-bond acceptors (Lipinski definition) is 4. The van der Waals surface area contributed by atoms with Crippen molar-refractivity contribution in [3.63, 3.8) is 0 Å². The van der Waals surface area contributed by atoms with Crippen LogP contribution in [0.4, 0.5) is 0 Å². The number of carbonyl (C=O) groups is 1. The van der Waals surface area contributed by atoms with Gasteiger partial charge >= 0.3 is 5.97 Å². The Morgan fingerprint density at radius 2 is 2.43 bits per heavy atom. The van der Waals surface area contributed by atoms with E-state index in [2.05, 4.69) is 15.0 Å². The Morgan fingerprint density at radius 1 is 1.64 bits per heavy atom. The first kappa shape index (κ1) is 8.89. The minimum atomic E-state index is -1.02. The fourth-order valence-electron chi connectivity index (χ4n) is 1.00. The summed E-state index contributed by atoms with van der Waals surface area (Å²) in [6.45, 7) is 1.88. The van der Waals surface area contributed by atoms with Crippen molar-refractivity contribution in [2.24, 2.45) is 0 Å². The van der Waals surface area contributed by atoms with Crippen LogP contribution < -0.4 is 0 Å². The van der Waals surface area contributed by atoms with Crippen LogP contribution in [0.1, 0.15) is 16.2 Å².